The summed E-state index contributed by atoms with van der Waals surface area (Å²) < 4.78 is 10.8. The van der Waals surface area contributed by atoms with Crippen LogP contribution in [0.2, 0.25) is 0 Å². The first-order chi connectivity index (χ1) is 9.20. The normalized spacial score (nSPS) is 19.8. The zero-order valence-electron chi connectivity index (χ0n) is 11.7. The van der Waals surface area contributed by atoms with Crippen LogP contribution in [-0.2, 0) is 20.7 Å². The predicted molar refractivity (Wildman–Crippen MR) is 74.1 cm³/mol. The predicted octanol–water partition coefficient (Wildman–Crippen LogP) is 2.93. The molecule has 0 N–H and O–H groups in total. The van der Waals surface area contributed by atoms with Gasteiger partial charge in [-0.2, -0.15) is 0 Å². The van der Waals surface area contributed by atoms with Crippen molar-refractivity contribution in [2.45, 2.75) is 32.3 Å². The van der Waals surface area contributed by atoms with E-state index in [1.54, 1.807) is 7.11 Å². The molecule has 0 saturated carbocycles. The molecular formula is C16H22O3. The van der Waals surface area contributed by atoms with Crippen molar-refractivity contribution in [2.75, 3.05) is 20.3 Å². The fourth-order valence-electron chi connectivity index (χ4n) is 2.67. The molecule has 3 heteroatoms. The maximum Gasteiger partial charge on any atom is 0.136 e. The van der Waals surface area contributed by atoms with E-state index in [2.05, 4.69) is 12.1 Å². The van der Waals surface area contributed by atoms with Gasteiger partial charge in [0.2, 0.25) is 0 Å². The molecule has 0 aliphatic carbocycles. The Morgan fingerprint density at radius 1 is 1.47 bits per heavy atom. The van der Waals surface area contributed by atoms with Crippen molar-refractivity contribution in [2.24, 2.45) is 5.92 Å². The Kier molecular flexibility index (Phi) is 5.11. The number of carbonyl (C=O) groups is 1. The van der Waals surface area contributed by atoms with Crippen molar-refractivity contribution in [3.63, 3.8) is 0 Å². The molecule has 0 spiro atoms. The number of carbonyl (C=O) groups excluding carboxylic acids is 1. The number of methoxy groups -OCH3 is 1. The molecule has 1 aromatic rings. The lowest BCUT2D eigenvalue weighted by atomic mass is 9.92. The molecule has 0 aromatic heterocycles. The van der Waals surface area contributed by atoms with Gasteiger partial charge in [-0.1, -0.05) is 31.2 Å². The summed E-state index contributed by atoms with van der Waals surface area (Å²) >= 11 is 0. The monoisotopic (exact) mass is 262 g/mol. The van der Waals surface area contributed by atoms with Crippen molar-refractivity contribution in [1.82, 2.24) is 0 Å². The molecule has 104 valence electrons. The Morgan fingerprint density at radius 2 is 2.26 bits per heavy atom. The summed E-state index contributed by atoms with van der Waals surface area (Å²) in [7, 11) is 1.67. The number of Topliss-reactive ketones (excluding diaryl/α,β-unsaturated/α-hetero) is 1. The Labute approximate surface area is 114 Å². The summed E-state index contributed by atoms with van der Waals surface area (Å²) in [5.74, 6) is 0.530. The number of benzene rings is 1. The van der Waals surface area contributed by atoms with Crippen LogP contribution < -0.4 is 0 Å². The first kappa shape index (κ1) is 14.2. The number of ether oxygens (including phenoxy) is 2. The van der Waals surface area contributed by atoms with E-state index in [1.807, 2.05) is 19.1 Å². The third-order valence-electron chi connectivity index (χ3n) is 3.53. The molecule has 1 aliphatic heterocycles. The minimum Gasteiger partial charge on any atom is -0.384 e. The Bertz CT molecular complexity index is 428. The van der Waals surface area contributed by atoms with E-state index in [-0.39, 0.29) is 17.8 Å². The van der Waals surface area contributed by atoms with E-state index >= 15 is 0 Å². The number of hydrogen-bond donors (Lipinski definition) is 0. The van der Waals surface area contributed by atoms with Gasteiger partial charge in [0.25, 0.3) is 0 Å². The molecule has 1 heterocycles. The number of hydrogen-bond acceptors (Lipinski definition) is 3. The standard InChI is InChI=1S/C16H22O3/c1-12(11-18-2)9-14(17)10-16-15-6-4-3-5-13(15)7-8-19-16/h3-6,12,16H,7-11H2,1-2H3. The first-order valence-corrected chi connectivity index (χ1v) is 6.90. The second-order valence-corrected chi connectivity index (χ2v) is 5.32. The average molecular weight is 262 g/mol. The molecule has 19 heavy (non-hydrogen) atoms. The highest BCUT2D eigenvalue weighted by Crippen LogP contribution is 2.30. The molecular weight excluding hydrogens is 240 g/mol. The Hall–Kier alpha value is -1.19. The van der Waals surface area contributed by atoms with Gasteiger partial charge in [0.15, 0.2) is 0 Å². The largest absolute Gasteiger partial charge is 0.384 e. The number of fused-ring (bicyclic) bond motifs is 1. The minimum atomic E-state index is -0.0628. The molecule has 0 amide bonds. The zero-order valence-corrected chi connectivity index (χ0v) is 11.7. The highest BCUT2D eigenvalue weighted by molar-refractivity contribution is 5.79. The van der Waals surface area contributed by atoms with Crippen molar-refractivity contribution >= 4 is 5.78 Å². The Morgan fingerprint density at radius 3 is 3.05 bits per heavy atom. The van der Waals surface area contributed by atoms with Gasteiger partial charge in [-0.15, -0.1) is 0 Å². The van der Waals surface area contributed by atoms with E-state index in [4.69, 9.17) is 9.47 Å². The van der Waals surface area contributed by atoms with Crippen molar-refractivity contribution in [1.29, 1.82) is 0 Å². The third-order valence-corrected chi connectivity index (χ3v) is 3.53. The van der Waals surface area contributed by atoms with Crippen LogP contribution in [0.25, 0.3) is 0 Å². The molecule has 0 fully saturated rings. The van der Waals surface area contributed by atoms with Crippen LogP contribution in [0, 0.1) is 5.92 Å². The summed E-state index contributed by atoms with van der Waals surface area (Å²) in [6.07, 6.45) is 1.93. The smallest absolute Gasteiger partial charge is 0.136 e. The topological polar surface area (TPSA) is 35.5 Å². The van der Waals surface area contributed by atoms with Crippen LogP contribution in [0.1, 0.15) is 37.0 Å². The number of rotatable bonds is 6. The Balaban J connectivity index is 1.95. The first-order valence-electron chi connectivity index (χ1n) is 6.90. The summed E-state index contributed by atoms with van der Waals surface area (Å²) in [5.41, 5.74) is 2.50. The van der Waals surface area contributed by atoms with E-state index in [0.717, 1.165) is 6.42 Å². The SMILES string of the molecule is COCC(C)CC(=O)CC1OCCc2ccccc21. The summed E-state index contributed by atoms with van der Waals surface area (Å²) in [5, 5.41) is 0. The van der Waals surface area contributed by atoms with Crippen molar-refractivity contribution in [3.8, 4) is 0 Å². The summed E-state index contributed by atoms with van der Waals surface area (Å²) in [6.45, 7) is 3.38. The van der Waals surface area contributed by atoms with Crippen LogP contribution in [0.3, 0.4) is 0 Å². The molecule has 0 radical (unpaired) electrons. The lowest BCUT2D eigenvalue weighted by Crippen LogP contribution is -2.20. The van der Waals surface area contributed by atoms with Crippen LogP contribution >= 0.6 is 0 Å². The van der Waals surface area contributed by atoms with Gasteiger partial charge in [-0.3, -0.25) is 4.79 Å². The van der Waals surface area contributed by atoms with Crippen LogP contribution in [0.5, 0.6) is 0 Å². The van der Waals surface area contributed by atoms with Gasteiger partial charge >= 0.3 is 0 Å². The maximum atomic E-state index is 12.1. The van der Waals surface area contributed by atoms with Crippen LogP contribution in [0.4, 0.5) is 0 Å². The molecule has 2 atom stereocenters. The van der Waals surface area contributed by atoms with E-state index < -0.39 is 0 Å². The van der Waals surface area contributed by atoms with Gasteiger partial charge in [0, 0.05) is 26.6 Å². The second kappa shape index (κ2) is 6.83. The molecule has 2 unspecified atom stereocenters. The quantitative estimate of drug-likeness (QED) is 0.790. The lowest BCUT2D eigenvalue weighted by Gasteiger charge is -2.25. The molecule has 3 nitrogen and oxygen atoms in total. The molecule has 1 aliphatic rings. The molecule has 0 bridgehead atoms. The van der Waals surface area contributed by atoms with Crippen molar-refractivity contribution < 1.29 is 14.3 Å². The van der Waals surface area contributed by atoms with Gasteiger partial charge in [-0.05, 0) is 23.5 Å². The number of ketones is 1. The van der Waals surface area contributed by atoms with Gasteiger partial charge < -0.3 is 9.47 Å². The van der Waals surface area contributed by atoms with Gasteiger partial charge in [0.1, 0.15) is 5.78 Å². The maximum absolute atomic E-state index is 12.1. The molecule has 1 aromatic carbocycles. The zero-order chi connectivity index (χ0) is 13.7. The van der Waals surface area contributed by atoms with Crippen LogP contribution in [-0.4, -0.2) is 26.1 Å². The van der Waals surface area contributed by atoms with Gasteiger partial charge in [-0.25, -0.2) is 0 Å². The minimum absolute atomic E-state index is 0.0628. The molecule has 2 rings (SSSR count). The second-order valence-electron chi connectivity index (χ2n) is 5.32. The third kappa shape index (κ3) is 3.88. The van der Waals surface area contributed by atoms with Gasteiger partial charge in [0.05, 0.1) is 12.7 Å². The van der Waals surface area contributed by atoms with E-state index in [9.17, 15) is 4.79 Å². The summed E-state index contributed by atoms with van der Waals surface area (Å²) in [6, 6.07) is 8.26. The highest BCUT2D eigenvalue weighted by atomic mass is 16.5. The summed E-state index contributed by atoms with van der Waals surface area (Å²) in [4.78, 5) is 12.1. The van der Waals surface area contributed by atoms with Crippen molar-refractivity contribution in [3.05, 3.63) is 35.4 Å². The van der Waals surface area contributed by atoms with E-state index in [1.165, 1.54) is 11.1 Å². The highest BCUT2D eigenvalue weighted by Gasteiger charge is 2.23. The fraction of sp³-hybridized carbons (Fsp3) is 0.562. The average Bonchev–Trinajstić information content (AvgIpc) is 2.39. The molecule has 0 saturated heterocycles. The van der Waals surface area contributed by atoms with E-state index in [0.29, 0.717) is 26.1 Å². The fourth-order valence-corrected chi connectivity index (χ4v) is 2.67. The lowest BCUT2D eigenvalue weighted by molar-refractivity contribution is -0.123. The van der Waals surface area contributed by atoms with Crippen LogP contribution in [0.15, 0.2) is 24.3 Å².